The van der Waals surface area contributed by atoms with Gasteiger partial charge in [0.15, 0.2) is 0 Å². The lowest BCUT2D eigenvalue weighted by atomic mass is 10.1. The molecule has 0 aliphatic carbocycles. The van der Waals surface area contributed by atoms with Crippen LogP contribution >= 0.6 is 181 Å². The number of nitrogens with zero attached hydrogens (tertiary/aromatic N) is 1. The molecule has 9 amide bonds. The topological polar surface area (TPSA) is 447 Å². The number of halogens is 8. The number of carbonyl (C=O) groups excluding carboxylic acids is 9. The number of aliphatic hydroxyl groups is 9. The van der Waals surface area contributed by atoms with E-state index in [0.29, 0.717) is 0 Å². The first-order chi connectivity index (χ1) is 38.2. The second-order valence-electron chi connectivity index (χ2n) is 16.5. The summed E-state index contributed by atoms with van der Waals surface area (Å²) in [5.74, 6) is -7.08. The molecule has 3 atom stereocenters. The molecule has 0 fully saturated rings. The Morgan fingerprint density at radius 2 is 0.667 bits per heavy atom. The van der Waals surface area contributed by atoms with Crippen molar-refractivity contribution in [1.82, 2.24) is 36.8 Å². The molecule has 446 valence electrons. The van der Waals surface area contributed by atoms with E-state index in [0.717, 1.165) is 0 Å². The number of anilines is 3. The number of nitrogens with one attached hydrogen (secondary N) is 9. The van der Waals surface area contributed by atoms with Gasteiger partial charge in [-0.05, 0) is 187 Å². The predicted octanol–water partition coefficient (Wildman–Crippen LogP) is -1.54. The summed E-state index contributed by atoms with van der Waals surface area (Å²) in [5.41, 5.74) is -0.384. The van der Waals surface area contributed by atoms with Crippen molar-refractivity contribution in [2.45, 2.75) is 18.3 Å². The third-order valence-corrected chi connectivity index (χ3v) is 19.4. The molecule has 0 radical (unpaired) electrons. The highest BCUT2D eigenvalue weighted by atomic mass is 127. The molecule has 3 rings (SSSR count). The van der Waals surface area contributed by atoms with E-state index in [-0.39, 0.29) is 138 Å². The van der Waals surface area contributed by atoms with E-state index >= 15 is 0 Å². The van der Waals surface area contributed by atoms with Gasteiger partial charge in [0.25, 0.3) is 35.4 Å². The summed E-state index contributed by atoms with van der Waals surface area (Å²) in [6, 6.07) is 1.27. The first-order valence-electron chi connectivity index (χ1n) is 23.2. The Labute approximate surface area is 570 Å². The molecule has 0 aliphatic heterocycles. The van der Waals surface area contributed by atoms with Gasteiger partial charge < -0.3 is 93.8 Å². The van der Waals surface area contributed by atoms with Crippen LogP contribution in [0.4, 0.5) is 17.1 Å². The maximum absolute atomic E-state index is 14.2. The minimum Gasteiger partial charge on any atom is -0.394 e. The molecule has 18 N–H and O–H groups in total. The van der Waals surface area contributed by atoms with Crippen LogP contribution in [-0.2, 0) is 14.4 Å². The van der Waals surface area contributed by atoms with Crippen LogP contribution in [0.15, 0.2) is 6.07 Å². The van der Waals surface area contributed by atoms with Crippen molar-refractivity contribution in [3.63, 3.8) is 0 Å². The summed E-state index contributed by atoms with van der Waals surface area (Å²) < 4.78 is 1.31. The van der Waals surface area contributed by atoms with Crippen LogP contribution in [0.1, 0.15) is 62.1 Å². The van der Waals surface area contributed by atoms with Crippen molar-refractivity contribution in [3.05, 3.63) is 68.0 Å². The molecule has 3 unspecified atom stereocenters. The molecule has 0 aromatic heterocycles. The number of rotatable bonds is 30. The minimum atomic E-state index is -1.31. The summed E-state index contributed by atoms with van der Waals surface area (Å²) >= 11 is 14.3. The van der Waals surface area contributed by atoms with Crippen molar-refractivity contribution in [1.29, 1.82) is 0 Å². The maximum atomic E-state index is 14.2. The van der Waals surface area contributed by atoms with Gasteiger partial charge in [-0.25, -0.2) is 0 Å². The average Bonchev–Trinajstić information content (AvgIpc) is 3.63. The lowest BCUT2D eigenvalue weighted by Crippen LogP contribution is -2.43. The zero-order chi connectivity index (χ0) is 61.0. The SMILES string of the molecule is O=C(CO)Nc1cc(C(=O)NCC(O)CO)c(I)c(C(=O)NCCN(CCNC(=O)c2c(I)c(NC(=O)CO)c(I)c(C(=O)NCC(O)CO)c2I)CCNC(=O)c2c(I)c(NC(=O)CO)c(I)c(C(=O)NCC(O)CO)c2I)c1I. The largest absolute Gasteiger partial charge is 0.394 e. The molecule has 0 saturated heterocycles. The summed E-state index contributed by atoms with van der Waals surface area (Å²) in [6.07, 6.45) is -3.94. The molecule has 36 heteroatoms. The second kappa shape index (κ2) is 36.5. The molecule has 0 bridgehead atoms. The zero-order valence-corrected chi connectivity index (χ0v) is 58.8. The van der Waals surface area contributed by atoms with Crippen LogP contribution in [0.2, 0.25) is 0 Å². The van der Waals surface area contributed by atoms with Crippen LogP contribution in [0, 0.1) is 28.6 Å². The Morgan fingerprint density at radius 1 is 0.383 bits per heavy atom. The maximum Gasteiger partial charge on any atom is 0.253 e. The molecule has 0 heterocycles. The number of hydrogen-bond acceptors (Lipinski definition) is 19. The zero-order valence-electron chi connectivity index (χ0n) is 41.6. The quantitative estimate of drug-likeness (QED) is 0.0336. The Hall–Kier alpha value is -1.67. The highest BCUT2D eigenvalue weighted by molar-refractivity contribution is 14.1. The third kappa shape index (κ3) is 21.0. The summed E-state index contributed by atoms with van der Waals surface area (Å²) in [5, 5.41) is 109. The fourth-order valence-electron chi connectivity index (χ4n) is 6.67. The standard InChI is InChI=1S/C45H52I8N10O18/c46-30-20(40(76)57-8-17(70)11-64)7-21(60-22(73)14-67)31(47)25(30)41(77)54-1-4-63(5-2-55-42(78)26-32(48)28(44(80)58-9-18(71)12-65)36(52)38(34(26)50)61-23(74)15-68)6-3-56-43(79)27-33(49)29(45(81)59-10-19(72)13-66)37(53)39(35(27)51)62-24(75)16-69/h7,17-19,64-72H,1-6,8-16H2,(H,54,77)(H,55,78)(H,56,79)(H,57,76)(H,58,80)(H,59,81)(H,60,73)(H,61,74)(H,62,75). The highest BCUT2D eigenvalue weighted by Crippen LogP contribution is 2.38. The Morgan fingerprint density at radius 3 is 0.975 bits per heavy atom. The van der Waals surface area contributed by atoms with Gasteiger partial charge in [-0.1, -0.05) is 0 Å². The second-order valence-corrected chi connectivity index (χ2v) is 25.1. The molecule has 81 heavy (non-hydrogen) atoms. The highest BCUT2D eigenvalue weighted by Gasteiger charge is 2.32. The van der Waals surface area contributed by atoms with E-state index in [1.165, 1.54) is 6.07 Å². The van der Waals surface area contributed by atoms with Crippen molar-refractivity contribution < 1.29 is 89.1 Å². The van der Waals surface area contributed by atoms with Gasteiger partial charge in [-0.3, -0.25) is 48.1 Å². The molecular formula is C45H52I8N10O18. The van der Waals surface area contributed by atoms with E-state index in [4.69, 9.17) is 0 Å². The molecule has 3 aromatic carbocycles. The van der Waals surface area contributed by atoms with Gasteiger partial charge in [0, 0.05) is 69.6 Å². The lowest BCUT2D eigenvalue weighted by Gasteiger charge is -2.24. The Kier molecular flexibility index (Phi) is 33.1. The fourth-order valence-corrected chi connectivity index (χ4v) is 17.7. The van der Waals surface area contributed by atoms with E-state index in [1.807, 2.05) is 0 Å². The van der Waals surface area contributed by atoms with E-state index in [2.05, 4.69) is 47.9 Å². The molecular weight excluding hydrogens is 1980 g/mol. The van der Waals surface area contributed by atoms with E-state index in [9.17, 15) is 89.1 Å². The fraction of sp³-hybridized carbons (Fsp3) is 0.400. The van der Waals surface area contributed by atoms with E-state index in [1.54, 1.807) is 186 Å². The summed E-state index contributed by atoms with van der Waals surface area (Å²) in [4.78, 5) is 122. The monoisotopic (exact) mass is 2040 g/mol. The first kappa shape index (κ1) is 73.6. The minimum absolute atomic E-state index is 0.00211. The van der Waals surface area contributed by atoms with Crippen LogP contribution in [0.25, 0.3) is 0 Å². The predicted molar refractivity (Wildman–Crippen MR) is 358 cm³/mol. The number of carbonyl (C=O) groups is 9. The number of aliphatic hydroxyl groups excluding tert-OH is 9. The van der Waals surface area contributed by atoms with Gasteiger partial charge >= 0.3 is 0 Å². The normalized spacial score (nSPS) is 12.2. The van der Waals surface area contributed by atoms with Gasteiger partial charge in [0.2, 0.25) is 17.7 Å². The van der Waals surface area contributed by atoms with Crippen molar-refractivity contribution in [2.24, 2.45) is 0 Å². The van der Waals surface area contributed by atoms with Gasteiger partial charge in [0.05, 0.1) is 106 Å². The number of hydrogen-bond donors (Lipinski definition) is 18. The van der Waals surface area contributed by atoms with E-state index < -0.39 is 111 Å². The third-order valence-electron chi connectivity index (χ3n) is 10.7. The number of benzene rings is 3. The number of amides is 9. The molecule has 0 aliphatic rings. The van der Waals surface area contributed by atoms with Crippen molar-refractivity contribution >= 4 is 251 Å². The van der Waals surface area contributed by atoms with Gasteiger partial charge in [-0.15, -0.1) is 0 Å². The summed E-state index contributed by atoms with van der Waals surface area (Å²) in [6.45, 7) is -6.31. The molecule has 28 nitrogen and oxygen atoms in total. The van der Waals surface area contributed by atoms with Crippen LogP contribution in [-0.4, -0.2) is 221 Å². The lowest BCUT2D eigenvalue weighted by molar-refractivity contribution is -0.119. The van der Waals surface area contributed by atoms with Crippen LogP contribution < -0.4 is 47.9 Å². The Bertz CT molecular complexity index is 2750. The van der Waals surface area contributed by atoms with Crippen molar-refractivity contribution in [2.75, 3.05) is 114 Å². The smallest absolute Gasteiger partial charge is 0.253 e. The van der Waals surface area contributed by atoms with Gasteiger partial charge in [-0.2, -0.15) is 0 Å². The summed E-state index contributed by atoms with van der Waals surface area (Å²) in [7, 11) is 0. The van der Waals surface area contributed by atoms with Crippen LogP contribution in [0.3, 0.4) is 0 Å². The molecule has 0 spiro atoms. The van der Waals surface area contributed by atoms with Crippen molar-refractivity contribution in [3.8, 4) is 0 Å². The molecule has 3 aromatic rings. The average molecular weight is 2040 g/mol. The Balaban J connectivity index is 2.07. The molecule has 0 saturated carbocycles. The van der Waals surface area contributed by atoms with Gasteiger partial charge in [0.1, 0.15) is 19.8 Å². The van der Waals surface area contributed by atoms with Crippen LogP contribution in [0.5, 0.6) is 0 Å². The first-order valence-corrected chi connectivity index (χ1v) is 31.8.